The van der Waals surface area contributed by atoms with Gasteiger partial charge in [0.2, 0.25) is 0 Å². The molecular formula is C12H8ClN3O3. The molecule has 1 atom stereocenters. The van der Waals surface area contributed by atoms with Crippen molar-refractivity contribution >= 4 is 28.2 Å². The molecule has 0 aliphatic heterocycles. The largest absolute Gasteiger partial charge is 0.490 e. The summed E-state index contributed by atoms with van der Waals surface area (Å²) < 4.78 is 5.39. The van der Waals surface area contributed by atoms with Crippen LogP contribution in [0, 0.1) is 21.4 Å². The van der Waals surface area contributed by atoms with E-state index in [0.29, 0.717) is 11.1 Å². The first-order chi connectivity index (χ1) is 9.13. The summed E-state index contributed by atoms with van der Waals surface area (Å²) in [4.78, 5) is 14.4. The van der Waals surface area contributed by atoms with Gasteiger partial charge in [0.15, 0.2) is 10.9 Å². The standard InChI is InChI=1S/C12H8ClN3O3/c13-8(6-14)7-19-11-4-3-10(16(17)18)12-9(11)2-1-5-15-12/h1-5,8H,7H2. The Bertz CT molecular complexity index is 669. The Hall–Kier alpha value is -2.39. The lowest BCUT2D eigenvalue weighted by Gasteiger charge is -2.09. The van der Waals surface area contributed by atoms with Crippen LogP contribution in [0.3, 0.4) is 0 Å². The minimum atomic E-state index is -0.776. The van der Waals surface area contributed by atoms with Crippen molar-refractivity contribution in [2.24, 2.45) is 0 Å². The molecule has 2 aromatic rings. The van der Waals surface area contributed by atoms with E-state index in [4.69, 9.17) is 21.6 Å². The highest BCUT2D eigenvalue weighted by atomic mass is 35.5. The normalized spacial score (nSPS) is 11.8. The lowest BCUT2D eigenvalue weighted by atomic mass is 10.1. The molecular weight excluding hydrogens is 270 g/mol. The Labute approximate surface area is 113 Å². The maximum Gasteiger partial charge on any atom is 0.295 e. The molecule has 0 aliphatic rings. The van der Waals surface area contributed by atoms with Crippen molar-refractivity contribution in [2.45, 2.75) is 5.38 Å². The van der Waals surface area contributed by atoms with Crippen LogP contribution in [-0.4, -0.2) is 21.9 Å². The Morgan fingerprint density at radius 1 is 1.53 bits per heavy atom. The number of fused-ring (bicyclic) bond motifs is 1. The van der Waals surface area contributed by atoms with E-state index in [2.05, 4.69) is 4.98 Å². The number of nitrogens with zero attached hydrogens (tertiary/aromatic N) is 3. The van der Waals surface area contributed by atoms with E-state index < -0.39 is 10.3 Å². The van der Waals surface area contributed by atoms with Gasteiger partial charge in [-0.05, 0) is 18.2 Å². The number of aromatic nitrogens is 1. The number of ether oxygens (including phenoxy) is 1. The fourth-order valence-corrected chi connectivity index (χ4v) is 1.67. The van der Waals surface area contributed by atoms with Crippen LogP contribution in [0.1, 0.15) is 0 Å². The summed E-state index contributed by atoms with van der Waals surface area (Å²) in [5, 5.41) is 19.2. The maximum atomic E-state index is 10.9. The fourth-order valence-electron chi connectivity index (χ4n) is 1.60. The molecule has 1 unspecified atom stereocenters. The van der Waals surface area contributed by atoms with E-state index in [-0.39, 0.29) is 17.8 Å². The number of hydrogen-bond donors (Lipinski definition) is 0. The molecule has 2 rings (SSSR count). The summed E-state index contributed by atoms with van der Waals surface area (Å²) in [6.07, 6.45) is 1.47. The zero-order valence-electron chi connectivity index (χ0n) is 9.62. The number of nitro benzene ring substituents is 1. The van der Waals surface area contributed by atoms with Gasteiger partial charge < -0.3 is 4.74 Å². The van der Waals surface area contributed by atoms with Gasteiger partial charge in [-0.25, -0.2) is 4.98 Å². The Kier molecular flexibility index (Phi) is 3.78. The first-order valence-corrected chi connectivity index (χ1v) is 5.75. The lowest BCUT2D eigenvalue weighted by Crippen LogP contribution is -2.09. The topological polar surface area (TPSA) is 89.0 Å². The highest BCUT2D eigenvalue weighted by molar-refractivity contribution is 6.22. The van der Waals surface area contributed by atoms with Crippen molar-refractivity contribution in [2.75, 3.05) is 6.61 Å². The van der Waals surface area contributed by atoms with Crippen LogP contribution in [0.5, 0.6) is 5.75 Å². The molecule has 19 heavy (non-hydrogen) atoms. The van der Waals surface area contributed by atoms with Crippen LogP contribution >= 0.6 is 11.6 Å². The van der Waals surface area contributed by atoms with E-state index in [0.717, 1.165) is 0 Å². The van der Waals surface area contributed by atoms with Gasteiger partial charge >= 0.3 is 0 Å². The van der Waals surface area contributed by atoms with Gasteiger partial charge in [0, 0.05) is 17.6 Å². The third-order valence-electron chi connectivity index (χ3n) is 2.43. The molecule has 0 aliphatic carbocycles. The zero-order valence-corrected chi connectivity index (χ0v) is 10.4. The SMILES string of the molecule is N#CC(Cl)COc1ccc([N+](=O)[O-])c2ncccc12. The number of non-ortho nitro benzene ring substituents is 1. The van der Waals surface area contributed by atoms with Crippen molar-refractivity contribution in [3.8, 4) is 11.8 Å². The Balaban J connectivity index is 2.44. The maximum absolute atomic E-state index is 10.9. The molecule has 96 valence electrons. The van der Waals surface area contributed by atoms with Gasteiger partial charge in [-0.15, -0.1) is 11.6 Å². The van der Waals surface area contributed by atoms with Gasteiger partial charge in [-0.2, -0.15) is 5.26 Å². The molecule has 6 nitrogen and oxygen atoms in total. The van der Waals surface area contributed by atoms with Crippen molar-refractivity contribution in [1.82, 2.24) is 4.98 Å². The third kappa shape index (κ3) is 2.72. The quantitative estimate of drug-likeness (QED) is 0.487. The lowest BCUT2D eigenvalue weighted by molar-refractivity contribution is -0.383. The molecule has 0 fully saturated rings. The predicted molar refractivity (Wildman–Crippen MR) is 69.1 cm³/mol. The van der Waals surface area contributed by atoms with Crippen molar-refractivity contribution < 1.29 is 9.66 Å². The van der Waals surface area contributed by atoms with Crippen LogP contribution < -0.4 is 4.74 Å². The summed E-state index contributed by atoms with van der Waals surface area (Å²) in [6.45, 7) is -0.000138. The van der Waals surface area contributed by atoms with E-state index in [1.165, 1.54) is 18.3 Å². The monoisotopic (exact) mass is 277 g/mol. The van der Waals surface area contributed by atoms with Crippen molar-refractivity contribution in [3.63, 3.8) is 0 Å². The molecule has 0 saturated heterocycles. The number of benzene rings is 1. The van der Waals surface area contributed by atoms with Gasteiger partial charge in [0.1, 0.15) is 12.4 Å². The second-order valence-corrected chi connectivity index (χ2v) is 4.17. The average Bonchev–Trinajstić information content (AvgIpc) is 2.43. The van der Waals surface area contributed by atoms with E-state index in [1.807, 2.05) is 6.07 Å². The number of alkyl halides is 1. The van der Waals surface area contributed by atoms with Gasteiger partial charge in [0.05, 0.1) is 11.0 Å². The first-order valence-electron chi connectivity index (χ1n) is 5.32. The molecule has 0 spiro atoms. The Morgan fingerprint density at radius 2 is 2.32 bits per heavy atom. The Morgan fingerprint density at radius 3 is 3.00 bits per heavy atom. The summed E-state index contributed by atoms with van der Waals surface area (Å²) in [6, 6.07) is 7.95. The van der Waals surface area contributed by atoms with Crippen LogP contribution in [0.15, 0.2) is 30.5 Å². The summed E-state index contributed by atoms with van der Waals surface area (Å²) in [5.41, 5.74) is 0.152. The van der Waals surface area contributed by atoms with Crippen LogP contribution in [-0.2, 0) is 0 Å². The highest BCUT2D eigenvalue weighted by Gasteiger charge is 2.16. The predicted octanol–water partition coefficient (Wildman–Crippen LogP) is 2.65. The average molecular weight is 278 g/mol. The van der Waals surface area contributed by atoms with E-state index in [1.54, 1.807) is 12.1 Å². The third-order valence-corrected chi connectivity index (χ3v) is 2.65. The van der Waals surface area contributed by atoms with Crippen LogP contribution in [0.2, 0.25) is 0 Å². The number of pyridine rings is 1. The minimum Gasteiger partial charge on any atom is -0.490 e. The molecule has 7 heteroatoms. The van der Waals surface area contributed by atoms with E-state index in [9.17, 15) is 10.1 Å². The molecule has 1 aromatic heterocycles. The number of hydrogen-bond acceptors (Lipinski definition) is 5. The number of nitriles is 1. The molecule has 0 radical (unpaired) electrons. The van der Waals surface area contributed by atoms with Crippen molar-refractivity contribution in [3.05, 3.63) is 40.6 Å². The van der Waals surface area contributed by atoms with Gasteiger partial charge in [-0.1, -0.05) is 0 Å². The molecule has 0 saturated carbocycles. The highest BCUT2D eigenvalue weighted by Crippen LogP contribution is 2.31. The van der Waals surface area contributed by atoms with Crippen LogP contribution in [0.4, 0.5) is 5.69 Å². The van der Waals surface area contributed by atoms with E-state index >= 15 is 0 Å². The number of rotatable bonds is 4. The zero-order chi connectivity index (χ0) is 13.8. The van der Waals surface area contributed by atoms with Gasteiger partial charge in [0.25, 0.3) is 5.69 Å². The molecule has 0 N–H and O–H groups in total. The molecule has 1 aromatic carbocycles. The summed E-state index contributed by atoms with van der Waals surface area (Å²) in [5.74, 6) is 0.412. The van der Waals surface area contributed by atoms with Crippen molar-refractivity contribution in [1.29, 1.82) is 5.26 Å². The second-order valence-electron chi connectivity index (χ2n) is 3.65. The molecule has 0 bridgehead atoms. The minimum absolute atomic E-state index is 0.000138. The van der Waals surface area contributed by atoms with Crippen LogP contribution in [0.25, 0.3) is 10.9 Å². The van der Waals surface area contributed by atoms with Gasteiger partial charge in [-0.3, -0.25) is 10.1 Å². The molecule has 0 amide bonds. The first kappa shape index (κ1) is 13.1. The smallest absolute Gasteiger partial charge is 0.295 e. The molecule has 1 heterocycles. The summed E-state index contributed by atoms with van der Waals surface area (Å²) in [7, 11) is 0. The fraction of sp³-hybridized carbons (Fsp3) is 0.167. The number of halogens is 1. The summed E-state index contributed by atoms with van der Waals surface area (Å²) >= 11 is 5.64. The second kappa shape index (κ2) is 5.50. The number of nitro groups is 1.